The Morgan fingerprint density at radius 1 is 1.14 bits per heavy atom. The van der Waals surface area contributed by atoms with E-state index >= 15 is 0 Å². The predicted octanol–water partition coefficient (Wildman–Crippen LogP) is 6.93. The molecule has 2 aromatic carbocycles. The number of amides is 1. The van der Waals surface area contributed by atoms with Crippen molar-refractivity contribution in [2.75, 3.05) is 12.8 Å². The zero-order chi connectivity index (χ0) is 26.5. The Hall–Kier alpha value is -3.41. The first-order valence-corrected chi connectivity index (χ1v) is 13.0. The zero-order valence-electron chi connectivity index (χ0n) is 19.9. The van der Waals surface area contributed by atoms with E-state index < -0.39 is 26.6 Å². The van der Waals surface area contributed by atoms with E-state index in [4.69, 9.17) is 5.73 Å². The van der Waals surface area contributed by atoms with Crippen molar-refractivity contribution < 1.29 is 24.2 Å². The highest BCUT2D eigenvalue weighted by molar-refractivity contribution is 8.45. The van der Waals surface area contributed by atoms with Gasteiger partial charge in [0.15, 0.2) is 0 Å². The van der Waals surface area contributed by atoms with Gasteiger partial charge in [-0.25, -0.2) is 9.97 Å². The zero-order valence-corrected chi connectivity index (χ0v) is 20.7. The quantitative estimate of drug-likeness (QED) is 0.295. The number of anilines is 1. The van der Waals surface area contributed by atoms with Crippen LogP contribution >= 0.6 is 10.2 Å². The number of aromatic nitrogens is 3. The van der Waals surface area contributed by atoms with Crippen molar-refractivity contribution in [1.82, 2.24) is 19.3 Å². The van der Waals surface area contributed by atoms with E-state index in [-0.39, 0.29) is 17.9 Å². The minimum atomic E-state index is -9.84. The molecule has 1 aliphatic carbocycles. The maximum atomic E-state index is 13.6. The van der Waals surface area contributed by atoms with E-state index in [0.717, 1.165) is 6.07 Å². The summed E-state index contributed by atoms with van der Waals surface area (Å²) in [4.78, 5) is 21.7. The molecule has 0 saturated heterocycles. The molecule has 0 bridgehead atoms. The number of fused-ring (bicyclic) bond motifs is 4. The van der Waals surface area contributed by atoms with Gasteiger partial charge in [0.1, 0.15) is 16.2 Å². The molecule has 192 valence electrons. The second kappa shape index (κ2) is 6.67. The summed E-state index contributed by atoms with van der Waals surface area (Å²) in [6.45, 7) is 5.13. The SMILES string of the molecule is Cc1cc2nc(N)c3cncn3c2cc1C(=O)N(C)[C@@H]1CC(C)(C)c2cc(S(F)(F)(F)(F)F)ccc21. The fraction of sp³-hybridized carbons (Fsp3) is 0.292. The number of hydrogen-bond acceptors (Lipinski definition) is 4. The highest BCUT2D eigenvalue weighted by Gasteiger charge is 2.65. The van der Waals surface area contributed by atoms with Gasteiger partial charge in [-0.1, -0.05) is 39.3 Å². The van der Waals surface area contributed by atoms with E-state index in [1.165, 1.54) is 4.90 Å². The van der Waals surface area contributed by atoms with Crippen LogP contribution < -0.4 is 5.73 Å². The molecule has 12 heteroatoms. The average molecular weight is 526 g/mol. The van der Waals surface area contributed by atoms with Gasteiger partial charge in [-0.15, -0.1) is 0 Å². The summed E-state index contributed by atoms with van der Waals surface area (Å²) in [6, 6.07) is 4.86. The normalized spacial score (nSPS) is 19.2. The first kappa shape index (κ1) is 24.3. The van der Waals surface area contributed by atoms with Crippen LogP contribution in [0.2, 0.25) is 0 Å². The van der Waals surface area contributed by atoms with Crippen LogP contribution in [-0.4, -0.2) is 32.2 Å². The third-order valence-electron chi connectivity index (χ3n) is 7.00. The van der Waals surface area contributed by atoms with E-state index in [1.807, 2.05) is 0 Å². The monoisotopic (exact) mass is 525 g/mol. The second-order valence-electron chi connectivity index (χ2n) is 10.0. The molecule has 0 aliphatic heterocycles. The summed E-state index contributed by atoms with van der Waals surface area (Å²) >= 11 is 0. The minimum Gasteiger partial charge on any atom is -0.382 e. The lowest BCUT2D eigenvalue weighted by Gasteiger charge is -2.41. The third kappa shape index (κ3) is 3.74. The lowest BCUT2D eigenvalue weighted by molar-refractivity contribution is 0.0720. The van der Waals surface area contributed by atoms with E-state index in [0.29, 0.717) is 51.2 Å². The Labute approximate surface area is 203 Å². The molecule has 36 heavy (non-hydrogen) atoms. The van der Waals surface area contributed by atoms with Crippen LogP contribution in [0.1, 0.15) is 53.4 Å². The molecule has 2 heterocycles. The fourth-order valence-electron chi connectivity index (χ4n) is 5.09. The Kier molecular flexibility index (Phi) is 4.50. The van der Waals surface area contributed by atoms with Crippen molar-refractivity contribution in [2.24, 2.45) is 0 Å². The number of nitrogens with two attached hydrogens (primary N) is 1. The molecule has 1 aliphatic rings. The van der Waals surface area contributed by atoms with Gasteiger partial charge in [-0.3, -0.25) is 9.20 Å². The van der Waals surface area contributed by atoms with Gasteiger partial charge in [0, 0.05) is 12.6 Å². The number of carbonyl (C=O) groups excluding carboxylic acids is 1. The Balaban J connectivity index is 1.58. The maximum absolute atomic E-state index is 13.6. The molecule has 0 radical (unpaired) electrons. The first-order valence-electron chi connectivity index (χ1n) is 11.0. The lowest BCUT2D eigenvalue weighted by atomic mass is 9.86. The summed E-state index contributed by atoms with van der Waals surface area (Å²) in [6.07, 6.45) is 3.41. The van der Waals surface area contributed by atoms with Crippen molar-refractivity contribution >= 4 is 38.5 Å². The van der Waals surface area contributed by atoms with Crippen LogP contribution in [-0.2, 0) is 5.41 Å². The number of nitrogens with zero attached hydrogens (tertiary/aromatic N) is 4. The van der Waals surface area contributed by atoms with Gasteiger partial charge >= 0.3 is 10.2 Å². The van der Waals surface area contributed by atoms with Gasteiger partial charge in [-0.05, 0) is 59.7 Å². The van der Waals surface area contributed by atoms with Crippen LogP contribution in [0.15, 0.2) is 47.8 Å². The van der Waals surface area contributed by atoms with Gasteiger partial charge in [0.2, 0.25) is 0 Å². The summed E-state index contributed by atoms with van der Waals surface area (Å²) in [7, 11) is -8.28. The first-order chi connectivity index (χ1) is 16.4. The van der Waals surface area contributed by atoms with Crippen molar-refractivity contribution in [3.8, 4) is 0 Å². The molecule has 0 fully saturated rings. The van der Waals surface area contributed by atoms with Crippen LogP contribution in [0, 0.1) is 6.92 Å². The molecular formula is C24H24F5N5OS. The molecule has 1 atom stereocenters. The van der Waals surface area contributed by atoms with Crippen LogP contribution in [0.3, 0.4) is 0 Å². The van der Waals surface area contributed by atoms with E-state index in [2.05, 4.69) is 9.97 Å². The summed E-state index contributed by atoms with van der Waals surface area (Å²) in [5, 5.41) is 0. The van der Waals surface area contributed by atoms with E-state index in [9.17, 15) is 24.2 Å². The lowest BCUT2D eigenvalue weighted by Crippen LogP contribution is -2.31. The summed E-state index contributed by atoms with van der Waals surface area (Å²) in [5.74, 6) is -0.0590. The Bertz CT molecular complexity index is 1600. The molecular weight excluding hydrogens is 501 g/mol. The number of aryl methyl sites for hydroxylation is 1. The molecule has 2 N–H and O–H groups in total. The minimum absolute atomic E-state index is 0.160. The van der Waals surface area contributed by atoms with Gasteiger partial charge in [0.05, 0.1) is 29.6 Å². The topological polar surface area (TPSA) is 76.5 Å². The van der Waals surface area contributed by atoms with Crippen LogP contribution in [0.4, 0.5) is 25.2 Å². The van der Waals surface area contributed by atoms with Crippen molar-refractivity contribution in [3.63, 3.8) is 0 Å². The van der Waals surface area contributed by atoms with Gasteiger partial charge in [0.25, 0.3) is 5.91 Å². The highest BCUT2D eigenvalue weighted by atomic mass is 32.5. The number of nitrogen functional groups attached to an aromatic ring is 1. The fourth-order valence-corrected chi connectivity index (χ4v) is 5.76. The third-order valence-corrected chi connectivity index (χ3v) is 8.15. The van der Waals surface area contributed by atoms with Gasteiger partial charge in [-0.2, -0.15) is 0 Å². The maximum Gasteiger partial charge on any atom is 0.310 e. The van der Waals surface area contributed by atoms with Crippen LogP contribution in [0.5, 0.6) is 0 Å². The smallest absolute Gasteiger partial charge is 0.310 e. The Morgan fingerprint density at radius 3 is 2.50 bits per heavy atom. The number of carbonyl (C=O) groups is 1. The molecule has 5 rings (SSSR count). The Morgan fingerprint density at radius 2 is 1.83 bits per heavy atom. The average Bonchev–Trinajstić information content (AvgIpc) is 3.34. The number of rotatable bonds is 3. The standard InChI is InChI=1S/C24H24F5N5OS/c1-13-7-18-19(34-12-31-11-21(34)22(30)32-18)9-16(13)23(35)33(4)20-10-24(2,3)17-8-14(5-6-15(17)20)36(25,26,27,28)29/h5-9,11-12,20H,10H2,1-4H3,(H2,30,32)/t20-/m1/s1. The molecule has 0 spiro atoms. The molecule has 0 unspecified atom stereocenters. The number of hydrogen-bond donors (Lipinski definition) is 1. The summed E-state index contributed by atoms with van der Waals surface area (Å²) in [5.41, 5.74) is 8.53. The van der Waals surface area contributed by atoms with Crippen molar-refractivity contribution in [3.05, 3.63) is 65.1 Å². The summed E-state index contributed by atoms with van der Waals surface area (Å²) < 4.78 is 69.1. The number of benzene rings is 2. The molecule has 6 nitrogen and oxygen atoms in total. The molecule has 1 amide bonds. The second-order valence-corrected chi connectivity index (χ2v) is 12.4. The van der Waals surface area contributed by atoms with Crippen molar-refractivity contribution in [2.45, 2.75) is 43.5 Å². The van der Waals surface area contributed by atoms with E-state index in [1.54, 1.807) is 56.9 Å². The molecule has 0 saturated carbocycles. The molecule has 2 aromatic heterocycles. The van der Waals surface area contributed by atoms with Crippen molar-refractivity contribution in [1.29, 1.82) is 0 Å². The number of imidazole rings is 1. The predicted molar refractivity (Wildman–Crippen MR) is 130 cm³/mol. The van der Waals surface area contributed by atoms with Gasteiger partial charge < -0.3 is 10.6 Å². The molecule has 4 aromatic rings. The largest absolute Gasteiger partial charge is 0.382 e. The van der Waals surface area contributed by atoms with Crippen LogP contribution in [0.25, 0.3) is 16.6 Å². The number of halogens is 5. The highest BCUT2D eigenvalue weighted by Crippen LogP contribution is 3.02.